The van der Waals surface area contributed by atoms with E-state index in [0.29, 0.717) is 34.8 Å². The van der Waals surface area contributed by atoms with E-state index < -0.39 is 22.0 Å². The van der Waals surface area contributed by atoms with Crippen LogP contribution in [0.1, 0.15) is 46.0 Å². The van der Waals surface area contributed by atoms with Gasteiger partial charge in [0.2, 0.25) is 15.8 Å². The van der Waals surface area contributed by atoms with Crippen LogP contribution in [0.15, 0.2) is 23.1 Å². The molecule has 2 aromatic rings. The lowest BCUT2D eigenvalue weighted by Crippen LogP contribution is -2.27. The molecule has 170 valence electrons. The third-order valence-electron chi connectivity index (χ3n) is 4.85. The molecule has 0 fully saturated rings. The lowest BCUT2D eigenvalue weighted by molar-refractivity contribution is 0.0599. The van der Waals surface area contributed by atoms with E-state index in [4.69, 9.17) is 9.47 Å². The fourth-order valence-corrected chi connectivity index (χ4v) is 4.26. The molecular weight excluding hydrogens is 422 g/mol. The average molecular weight is 452 g/mol. The summed E-state index contributed by atoms with van der Waals surface area (Å²) in [6, 6.07) is 3.95. The van der Waals surface area contributed by atoms with Crippen LogP contribution in [0, 0.1) is 13.8 Å². The second kappa shape index (κ2) is 9.52. The number of rotatable bonds is 9. The van der Waals surface area contributed by atoms with Crippen molar-refractivity contribution in [2.75, 3.05) is 33.1 Å². The highest BCUT2D eigenvalue weighted by molar-refractivity contribution is 7.89. The zero-order valence-corrected chi connectivity index (χ0v) is 19.6. The molecule has 9 nitrogen and oxygen atoms in total. The first-order valence-electron chi connectivity index (χ1n) is 9.73. The van der Waals surface area contributed by atoms with Crippen molar-refractivity contribution in [2.45, 2.75) is 38.6 Å². The molecule has 2 rings (SSSR count). The molecule has 1 aromatic heterocycles. The van der Waals surface area contributed by atoms with Gasteiger partial charge in [-0.05, 0) is 51.5 Å². The number of aromatic amines is 1. The molecule has 0 bridgehead atoms. The van der Waals surface area contributed by atoms with Crippen LogP contribution in [0.2, 0.25) is 0 Å². The largest absolute Gasteiger partial charge is 0.492 e. The number of aromatic nitrogens is 1. The first-order chi connectivity index (χ1) is 14.4. The second-order valence-corrected chi connectivity index (χ2v) is 9.35. The Hall–Kier alpha value is -2.85. The van der Waals surface area contributed by atoms with E-state index in [0.717, 1.165) is 4.31 Å². The molecule has 0 aliphatic rings. The zero-order chi connectivity index (χ0) is 23.5. The number of methoxy groups -OCH3 is 1. The number of ketones is 1. The monoisotopic (exact) mass is 451 g/mol. The van der Waals surface area contributed by atoms with Gasteiger partial charge in [0.15, 0.2) is 0 Å². The van der Waals surface area contributed by atoms with Gasteiger partial charge in [-0.3, -0.25) is 4.79 Å². The molecule has 0 saturated carbocycles. The first-order valence-corrected chi connectivity index (χ1v) is 11.2. The molecule has 1 atom stereocenters. The van der Waals surface area contributed by atoms with E-state index in [9.17, 15) is 18.0 Å². The predicted molar refractivity (Wildman–Crippen MR) is 118 cm³/mol. The summed E-state index contributed by atoms with van der Waals surface area (Å²) in [5.74, 6) is -0.558. The fraction of sp³-hybridized carbons (Fsp3) is 0.429. The third-order valence-corrected chi connectivity index (χ3v) is 6.69. The molecule has 0 radical (unpaired) electrons. The van der Waals surface area contributed by atoms with Crippen molar-refractivity contribution in [3.8, 4) is 5.75 Å². The molecule has 1 heterocycles. The summed E-state index contributed by atoms with van der Waals surface area (Å²) in [4.78, 5) is 28.0. The molecule has 1 aromatic carbocycles. The standard InChI is InChI=1S/C21H29N3O6S/c1-8-30-16-10-9-15(11-17(16)31(27,28)24(5)6)22-14(4)20(25)19-12(2)18(13(3)23-19)21(26)29-7/h9-11,14,22-23H,8H2,1-7H3. The molecule has 1 unspecified atom stereocenters. The lowest BCUT2D eigenvalue weighted by Gasteiger charge is -2.19. The minimum absolute atomic E-state index is 0.00359. The molecule has 0 aliphatic heterocycles. The number of anilines is 1. The number of nitrogens with zero attached hydrogens (tertiary/aromatic N) is 1. The number of esters is 1. The Morgan fingerprint density at radius 3 is 2.42 bits per heavy atom. The van der Waals surface area contributed by atoms with Crippen molar-refractivity contribution < 1.29 is 27.5 Å². The van der Waals surface area contributed by atoms with Crippen LogP contribution in [0.25, 0.3) is 0 Å². The number of Topliss-reactive ketones (excluding diaryl/α,β-unsaturated/α-hetero) is 1. The number of aryl methyl sites for hydroxylation is 1. The van der Waals surface area contributed by atoms with Crippen LogP contribution in [0.5, 0.6) is 5.75 Å². The number of carbonyl (C=O) groups is 2. The van der Waals surface area contributed by atoms with Gasteiger partial charge in [-0.25, -0.2) is 17.5 Å². The molecular formula is C21H29N3O6S. The first kappa shape index (κ1) is 24.4. The van der Waals surface area contributed by atoms with Crippen LogP contribution in [-0.2, 0) is 14.8 Å². The number of ether oxygens (including phenoxy) is 2. The van der Waals surface area contributed by atoms with Crippen molar-refractivity contribution in [1.29, 1.82) is 0 Å². The summed E-state index contributed by atoms with van der Waals surface area (Å²) in [5.41, 5.74) is 2.12. The van der Waals surface area contributed by atoms with Gasteiger partial charge in [-0.15, -0.1) is 0 Å². The van der Waals surface area contributed by atoms with E-state index in [-0.39, 0.29) is 16.4 Å². The third kappa shape index (κ3) is 4.91. The Morgan fingerprint density at radius 2 is 1.87 bits per heavy atom. The van der Waals surface area contributed by atoms with Crippen LogP contribution < -0.4 is 10.1 Å². The molecule has 10 heteroatoms. The average Bonchev–Trinajstić information content (AvgIpc) is 3.01. The van der Waals surface area contributed by atoms with Gasteiger partial charge < -0.3 is 19.8 Å². The van der Waals surface area contributed by atoms with Gasteiger partial charge in [0.1, 0.15) is 10.6 Å². The van der Waals surface area contributed by atoms with Gasteiger partial charge in [-0.1, -0.05) is 0 Å². The van der Waals surface area contributed by atoms with Gasteiger partial charge in [0.05, 0.1) is 31.0 Å². The Balaban J connectivity index is 2.37. The van der Waals surface area contributed by atoms with Gasteiger partial charge in [0.25, 0.3) is 0 Å². The van der Waals surface area contributed by atoms with Crippen molar-refractivity contribution in [3.63, 3.8) is 0 Å². The van der Waals surface area contributed by atoms with Crippen molar-refractivity contribution >= 4 is 27.5 Å². The maximum atomic E-state index is 13.0. The Labute approximate surface area is 182 Å². The maximum Gasteiger partial charge on any atom is 0.339 e. The smallest absolute Gasteiger partial charge is 0.339 e. The van der Waals surface area contributed by atoms with Crippen LogP contribution in [-0.4, -0.2) is 63.3 Å². The van der Waals surface area contributed by atoms with Crippen molar-refractivity contribution in [3.05, 3.63) is 40.7 Å². The van der Waals surface area contributed by atoms with Gasteiger partial charge in [-0.2, -0.15) is 0 Å². The van der Waals surface area contributed by atoms with Crippen LogP contribution in [0.4, 0.5) is 5.69 Å². The number of sulfonamides is 1. The fourth-order valence-electron chi connectivity index (χ4n) is 3.21. The Bertz CT molecular complexity index is 1090. The quantitative estimate of drug-likeness (QED) is 0.445. The number of H-pyrrole nitrogens is 1. The molecule has 31 heavy (non-hydrogen) atoms. The minimum atomic E-state index is -3.76. The van der Waals surface area contributed by atoms with Crippen LogP contribution in [0.3, 0.4) is 0 Å². The maximum absolute atomic E-state index is 13.0. The van der Waals surface area contributed by atoms with Crippen molar-refractivity contribution in [1.82, 2.24) is 9.29 Å². The highest BCUT2D eigenvalue weighted by Crippen LogP contribution is 2.30. The Kier molecular flexibility index (Phi) is 7.50. The summed E-state index contributed by atoms with van der Waals surface area (Å²) < 4.78 is 36.8. The number of nitrogens with one attached hydrogen (secondary N) is 2. The summed E-state index contributed by atoms with van der Waals surface area (Å²) in [6.45, 7) is 7.10. The molecule has 0 spiro atoms. The lowest BCUT2D eigenvalue weighted by atomic mass is 10.0. The van der Waals surface area contributed by atoms with Crippen LogP contribution >= 0.6 is 0 Å². The number of hydrogen-bond donors (Lipinski definition) is 2. The molecule has 0 aliphatic carbocycles. The van der Waals surface area contributed by atoms with E-state index in [1.807, 2.05) is 0 Å². The van der Waals surface area contributed by atoms with E-state index in [1.54, 1.807) is 39.8 Å². The SMILES string of the molecule is CCOc1ccc(NC(C)C(=O)c2[nH]c(C)c(C(=O)OC)c2C)cc1S(=O)(=O)N(C)C. The summed E-state index contributed by atoms with van der Waals surface area (Å²) >= 11 is 0. The number of hydrogen-bond acceptors (Lipinski definition) is 7. The molecule has 2 N–H and O–H groups in total. The highest BCUT2D eigenvalue weighted by atomic mass is 32.2. The summed E-state index contributed by atoms with van der Waals surface area (Å²) in [6.07, 6.45) is 0. The number of benzene rings is 1. The van der Waals surface area contributed by atoms with Gasteiger partial charge in [0, 0.05) is 25.5 Å². The second-order valence-electron chi connectivity index (χ2n) is 7.23. The van der Waals surface area contributed by atoms with Crippen molar-refractivity contribution in [2.24, 2.45) is 0 Å². The Morgan fingerprint density at radius 1 is 1.23 bits per heavy atom. The number of carbonyl (C=O) groups excluding carboxylic acids is 2. The molecule has 0 saturated heterocycles. The highest BCUT2D eigenvalue weighted by Gasteiger charge is 2.27. The summed E-state index contributed by atoms with van der Waals surface area (Å²) in [7, 11) is 0.401. The van der Waals surface area contributed by atoms with E-state index in [1.165, 1.54) is 27.3 Å². The topological polar surface area (TPSA) is 118 Å². The normalized spacial score (nSPS) is 12.5. The summed E-state index contributed by atoms with van der Waals surface area (Å²) in [5, 5.41) is 3.04. The predicted octanol–water partition coefficient (Wildman–Crippen LogP) is 2.75. The van der Waals surface area contributed by atoms with E-state index in [2.05, 4.69) is 10.3 Å². The molecule has 0 amide bonds. The minimum Gasteiger partial charge on any atom is -0.492 e. The van der Waals surface area contributed by atoms with E-state index >= 15 is 0 Å². The van der Waals surface area contributed by atoms with Gasteiger partial charge >= 0.3 is 5.97 Å². The zero-order valence-electron chi connectivity index (χ0n) is 18.8.